The molecule has 0 saturated heterocycles. The van der Waals surface area contributed by atoms with Gasteiger partial charge in [-0.2, -0.15) is 4.72 Å². The molecule has 8 heteroatoms. The van der Waals surface area contributed by atoms with Crippen LogP contribution in [-0.2, 0) is 21.2 Å². The maximum Gasteiger partial charge on any atom is 0.243 e. The van der Waals surface area contributed by atoms with E-state index in [1.54, 1.807) is 36.4 Å². The lowest BCUT2D eigenvalue weighted by Crippen LogP contribution is -2.45. The highest BCUT2D eigenvalue weighted by Gasteiger charge is 2.27. The Kier molecular flexibility index (Phi) is 8.46. The fourth-order valence-corrected chi connectivity index (χ4v) is 4.44. The minimum atomic E-state index is -3.97. The second-order valence-electron chi connectivity index (χ2n) is 7.19. The number of ether oxygens (including phenoxy) is 2. The number of para-hydroxylation sites is 2. The summed E-state index contributed by atoms with van der Waals surface area (Å²) in [6.45, 7) is 4.61. The monoisotopic (exact) mass is 468 g/mol. The second kappa shape index (κ2) is 11.5. The summed E-state index contributed by atoms with van der Waals surface area (Å²) in [4.78, 5) is 13.3. The molecule has 0 bridgehead atoms. The lowest BCUT2D eigenvalue weighted by molar-refractivity contribution is -0.117. The molecule has 0 radical (unpaired) electrons. The first-order valence-corrected chi connectivity index (χ1v) is 12.2. The van der Waals surface area contributed by atoms with Crippen molar-refractivity contribution in [3.8, 4) is 11.5 Å². The van der Waals surface area contributed by atoms with Gasteiger partial charge in [-0.15, -0.1) is 0 Å². The summed E-state index contributed by atoms with van der Waals surface area (Å²) in [5.74, 6) is 0.601. The van der Waals surface area contributed by atoms with Crippen LogP contribution in [-0.4, -0.2) is 33.6 Å². The summed E-state index contributed by atoms with van der Waals surface area (Å²) in [7, 11) is -3.97. The topological polar surface area (TPSA) is 93.7 Å². The Labute approximate surface area is 194 Å². The van der Waals surface area contributed by atoms with E-state index in [0.717, 1.165) is 5.56 Å². The summed E-state index contributed by atoms with van der Waals surface area (Å²) in [5.41, 5.74) is 1.30. The molecule has 1 unspecified atom stereocenters. The molecule has 174 valence electrons. The molecule has 0 aliphatic rings. The molecule has 1 amide bonds. The van der Waals surface area contributed by atoms with Gasteiger partial charge in [0.25, 0.3) is 0 Å². The molecule has 7 nitrogen and oxygen atoms in total. The van der Waals surface area contributed by atoms with Crippen LogP contribution in [0.3, 0.4) is 0 Å². The van der Waals surface area contributed by atoms with Gasteiger partial charge in [-0.05, 0) is 62.2 Å². The van der Waals surface area contributed by atoms with E-state index in [2.05, 4.69) is 10.0 Å². The molecule has 1 atom stereocenters. The lowest BCUT2D eigenvalue weighted by atomic mass is 10.1. The highest BCUT2D eigenvalue weighted by Crippen LogP contribution is 2.24. The molecule has 0 aliphatic heterocycles. The van der Waals surface area contributed by atoms with E-state index in [4.69, 9.17) is 9.47 Å². The molecule has 0 heterocycles. The van der Waals surface area contributed by atoms with Gasteiger partial charge in [0.05, 0.1) is 23.8 Å². The molecule has 0 saturated carbocycles. The van der Waals surface area contributed by atoms with E-state index in [1.165, 1.54) is 12.1 Å². The van der Waals surface area contributed by atoms with E-state index in [1.807, 2.05) is 44.2 Å². The number of nitrogens with one attached hydrogen (secondary N) is 2. The van der Waals surface area contributed by atoms with E-state index in [9.17, 15) is 13.2 Å². The van der Waals surface area contributed by atoms with E-state index >= 15 is 0 Å². The molecule has 0 aliphatic carbocycles. The van der Waals surface area contributed by atoms with E-state index in [-0.39, 0.29) is 11.3 Å². The van der Waals surface area contributed by atoms with Crippen LogP contribution in [0, 0.1) is 0 Å². The first kappa shape index (κ1) is 24.3. The van der Waals surface area contributed by atoms with Crippen molar-refractivity contribution in [1.82, 2.24) is 4.72 Å². The van der Waals surface area contributed by atoms with Crippen molar-refractivity contribution >= 4 is 21.6 Å². The van der Waals surface area contributed by atoms with E-state index < -0.39 is 22.0 Å². The van der Waals surface area contributed by atoms with Crippen molar-refractivity contribution in [3.63, 3.8) is 0 Å². The number of rotatable bonds is 11. The molecule has 2 N–H and O–H groups in total. The Hall–Kier alpha value is -3.36. The minimum Gasteiger partial charge on any atom is -0.494 e. The second-order valence-corrected chi connectivity index (χ2v) is 8.90. The Balaban J connectivity index is 1.85. The van der Waals surface area contributed by atoms with Gasteiger partial charge in [-0.1, -0.05) is 42.5 Å². The number of benzene rings is 3. The third-order valence-electron chi connectivity index (χ3n) is 4.79. The van der Waals surface area contributed by atoms with Crippen molar-refractivity contribution in [2.24, 2.45) is 0 Å². The van der Waals surface area contributed by atoms with Crippen LogP contribution in [0.25, 0.3) is 0 Å². The molecule has 0 aromatic heterocycles. The standard InChI is InChI=1S/C25H28N2O5S/c1-3-31-20-14-16-21(17-15-20)33(29,30)27-23(18-19-10-6-5-7-11-19)25(28)26-22-12-8-9-13-24(22)32-4-2/h5-17,23,27H,3-4,18H2,1-2H3,(H,26,28). The van der Waals surface area contributed by atoms with Crippen LogP contribution in [0.4, 0.5) is 5.69 Å². The number of carbonyl (C=O) groups is 1. The fourth-order valence-electron chi connectivity index (χ4n) is 3.25. The van der Waals surface area contributed by atoms with Crippen molar-refractivity contribution in [3.05, 3.63) is 84.4 Å². The van der Waals surface area contributed by atoms with Crippen molar-refractivity contribution in [2.75, 3.05) is 18.5 Å². The highest BCUT2D eigenvalue weighted by molar-refractivity contribution is 7.89. The largest absolute Gasteiger partial charge is 0.494 e. The maximum atomic E-state index is 13.2. The predicted octanol–water partition coefficient (Wildman–Crippen LogP) is 4.01. The lowest BCUT2D eigenvalue weighted by Gasteiger charge is -2.20. The number of carbonyl (C=O) groups excluding carboxylic acids is 1. The zero-order chi connectivity index (χ0) is 23.7. The van der Waals surface area contributed by atoms with Crippen LogP contribution >= 0.6 is 0 Å². The zero-order valence-electron chi connectivity index (χ0n) is 18.7. The first-order chi connectivity index (χ1) is 15.9. The maximum absolute atomic E-state index is 13.2. The predicted molar refractivity (Wildman–Crippen MR) is 128 cm³/mol. The van der Waals surface area contributed by atoms with Gasteiger partial charge in [0.1, 0.15) is 17.5 Å². The smallest absolute Gasteiger partial charge is 0.243 e. The molecule has 3 aromatic carbocycles. The third-order valence-corrected chi connectivity index (χ3v) is 6.27. The fraction of sp³-hybridized carbons (Fsp3) is 0.240. The summed E-state index contributed by atoms with van der Waals surface area (Å²) in [5, 5.41) is 2.80. The molecule has 33 heavy (non-hydrogen) atoms. The van der Waals surface area contributed by atoms with Gasteiger partial charge in [0.2, 0.25) is 15.9 Å². The van der Waals surface area contributed by atoms with Crippen molar-refractivity contribution in [2.45, 2.75) is 31.2 Å². The van der Waals surface area contributed by atoms with Gasteiger partial charge < -0.3 is 14.8 Å². The molecule has 3 rings (SSSR count). The first-order valence-electron chi connectivity index (χ1n) is 10.7. The Morgan fingerprint density at radius 1 is 0.848 bits per heavy atom. The molecule has 0 fully saturated rings. The molecular formula is C25H28N2O5S. The quantitative estimate of drug-likeness (QED) is 0.443. The average Bonchev–Trinajstić information content (AvgIpc) is 2.81. The van der Waals surface area contributed by atoms with Crippen molar-refractivity contribution in [1.29, 1.82) is 0 Å². The van der Waals surface area contributed by atoms with Crippen molar-refractivity contribution < 1.29 is 22.7 Å². The molecule has 0 spiro atoms. The van der Waals surface area contributed by atoms with Gasteiger partial charge >= 0.3 is 0 Å². The van der Waals surface area contributed by atoms with Crippen LogP contribution in [0.5, 0.6) is 11.5 Å². The highest BCUT2D eigenvalue weighted by atomic mass is 32.2. The summed E-state index contributed by atoms with van der Waals surface area (Å²) in [6.07, 6.45) is 0.180. The summed E-state index contributed by atoms with van der Waals surface area (Å²) in [6, 6.07) is 21.3. The van der Waals surface area contributed by atoms with E-state index in [0.29, 0.717) is 30.4 Å². The number of hydrogen-bond donors (Lipinski definition) is 2. The average molecular weight is 469 g/mol. The summed E-state index contributed by atoms with van der Waals surface area (Å²) >= 11 is 0. The van der Waals surface area contributed by atoms with Gasteiger partial charge in [-0.25, -0.2) is 8.42 Å². The normalized spacial score (nSPS) is 12.1. The summed E-state index contributed by atoms with van der Waals surface area (Å²) < 4.78 is 39.7. The number of sulfonamides is 1. The third kappa shape index (κ3) is 6.81. The molecular weight excluding hydrogens is 440 g/mol. The minimum absolute atomic E-state index is 0.0477. The SMILES string of the molecule is CCOc1ccc(S(=O)(=O)NC(Cc2ccccc2)C(=O)Nc2ccccc2OCC)cc1. The van der Waals surface area contributed by atoms with Gasteiger partial charge in [0.15, 0.2) is 0 Å². The van der Waals surface area contributed by atoms with Crippen LogP contribution < -0.4 is 19.5 Å². The van der Waals surface area contributed by atoms with Crippen LogP contribution in [0.2, 0.25) is 0 Å². The van der Waals surface area contributed by atoms with Gasteiger partial charge in [0, 0.05) is 0 Å². The number of hydrogen-bond acceptors (Lipinski definition) is 5. The zero-order valence-corrected chi connectivity index (χ0v) is 19.5. The number of amides is 1. The van der Waals surface area contributed by atoms with Gasteiger partial charge in [-0.3, -0.25) is 4.79 Å². The molecule has 3 aromatic rings. The Bertz CT molecular complexity index is 1150. The van der Waals surface area contributed by atoms with Crippen LogP contribution in [0.1, 0.15) is 19.4 Å². The Morgan fingerprint density at radius 3 is 2.15 bits per heavy atom. The van der Waals surface area contributed by atoms with Crippen LogP contribution in [0.15, 0.2) is 83.8 Å². The Morgan fingerprint density at radius 2 is 1.48 bits per heavy atom. The number of anilines is 1.